The second kappa shape index (κ2) is 7.09. The van der Waals surface area contributed by atoms with Gasteiger partial charge in [-0.2, -0.15) is 0 Å². The number of rotatable bonds is 3. The first kappa shape index (κ1) is 17.0. The van der Waals surface area contributed by atoms with E-state index < -0.39 is 5.41 Å². The van der Waals surface area contributed by atoms with E-state index in [9.17, 15) is 4.79 Å². The third-order valence-corrected chi connectivity index (χ3v) is 4.16. The van der Waals surface area contributed by atoms with E-state index in [2.05, 4.69) is 17.6 Å². The first-order valence-corrected chi connectivity index (χ1v) is 7.09. The summed E-state index contributed by atoms with van der Waals surface area (Å²) < 4.78 is 0. The molecule has 4 heteroatoms. The van der Waals surface area contributed by atoms with E-state index >= 15 is 0 Å². The van der Waals surface area contributed by atoms with Crippen molar-refractivity contribution in [3.05, 3.63) is 35.9 Å². The molecule has 0 aromatic heterocycles. The third-order valence-electron chi connectivity index (χ3n) is 4.16. The van der Waals surface area contributed by atoms with Gasteiger partial charge in [0.1, 0.15) is 0 Å². The minimum absolute atomic E-state index is 0. The summed E-state index contributed by atoms with van der Waals surface area (Å²) in [6, 6.07) is 10.3. The van der Waals surface area contributed by atoms with Crippen LogP contribution in [0.25, 0.3) is 0 Å². The molecule has 1 aromatic carbocycles. The Morgan fingerprint density at radius 1 is 1.30 bits per heavy atom. The van der Waals surface area contributed by atoms with Crippen LogP contribution in [0, 0.1) is 5.92 Å². The maximum absolute atomic E-state index is 12.5. The first-order valence-electron chi connectivity index (χ1n) is 7.09. The van der Waals surface area contributed by atoms with E-state index in [-0.39, 0.29) is 24.4 Å². The standard InChI is InChI=1S/C16H24N2O.ClH/c1-12-11-17-10-9-14(12)18-15(19)16(2,3)13-7-5-4-6-8-13;/h4-8,12,14,17H,9-11H2,1-3H3,(H,18,19);1H. The van der Waals surface area contributed by atoms with Gasteiger partial charge in [0.25, 0.3) is 0 Å². The van der Waals surface area contributed by atoms with Crippen molar-refractivity contribution in [1.82, 2.24) is 10.6 Å². The molecule has 20 heavy (non-hydrogen) atoms. The molecule has 0 spiro atoms. The largest absolute Gasteiger partial charge is 0.352 e. The van der Waals surface area contributed by atoms with E-state index in [1.807, 2.05) is 44.2 Å². The van der Waals surface area contributed by atoms with Crippen LogP contribution in [0.4, 0.5) is 0 Å². The molecule has 0 saturated carbocycles. The highest BCUT2D eigenvalue weighted by Crippen LogP contribution is 2.24. The highest BCUT2D eigenvalue weighted by atomic mass is 35.5. The molecule has 1 heterocycles. The van der Waals surface area contributed by atoms with Crippen molar-refractivity contribution in [2.45, 2.75) is 38.6 Å². The molecule has 1 saturated heterocycles. The fourth-order valence-electron chi connectivity index (χ4n) is 2.56. The Hall–Kier alpha value is -1.06. The summed E-state index contributed by atoms with van der Waals surface area (Å²) in [6.07, 6.45) is 1.01. The van der Waals surface area contributed by atoms with Crippen molar-refractivity contribution in [3.63, 3.8) is 0 Å². The molecule has 2 atom stereocenters. The highest BCUT2D eigenvalue weighted by molar-refractivity contribution is 5.87. The number of piperidine rings is 1. The van der Waals surface area contributed by atoms with Crippen LogP contribution >= 0.6 is 12.4 Å². The summed E-state index contributed by atoms with van der Waals surface area (Å²) in [6.45, 7) is 8.14. The lowest BCUT2D eigenvalue weighted by Gasteiger charge is -2.33. The predicted octanol–water partition coefficient (Wildman–Crippen LogP) is 2.50. The number of carbonyl (C=O) groups excluding carboxylic acids is 1. The average Bonchev–Trinajstić information content (AvgIpc) is 2.42. The molecule has 0 radical (unpaired) electrons. The molecule has 0 bridgehead atoms. The molecular weight excluding hydrogens is 272 g/mol. The van der Waals surface area contributed by atoms with Crippen LogP contribution in [-0.2, 0) is 10.2 Å². The number of benzene rings is 1. The van der Waals surface area contributed by atoms with Crippen molar-refractivity contribution in [1.29, 1.82) is 0 Å². The van der Waals surface area contributed by atoms with Crippen molar-refractivity contribution in [3.8, 4) is 0 Å². The quantitative estimate of drug-likeness (QED) is 0.900. The lowest BCUT2D eigenvalue weighted by molar-refractivity contribution is -0.126. The van der Waals surface area contributed by atoms with E-state index in [1.165, 1.54) is 0 Å². The zero-order valence-corrected chi connectivity index (χ0v) is 13.3. The van der Waals surface area contributed by atoms with E-state index in [0.717, 1.165) is 25.1 Å². The smallest absolute Gasteiger partial charge is 0.230 e. The van der Waals surface area contributed by atoms with Crippen LogP contribution in [0.15, 0.2) is 30.3 Å². The molecule has 1 aliphatic rings. The summed E-state index contributed by atoms with van der Waals surface area (Å²) in [5.74, 6) is 0.613. The summed E-state index contributed by atoms with van der Waals surface area (Å²) >= 11 is 0. The van der Waals surface area contributed by atoms with Gasteiger partial charge in [-0.1, -0.05) is 37.3 Å². The van der Waals surface area contributed by atoms with Gasteiger partial charge in [-0.25, -0.2) is 0 Å². The summed E-state index contributed by atoms with van der Waals surface area (Å²) in [7, 11) is 0. The first-order chi connectivity index (χ1) is 9.01. The van der Waals surface area contributed by atoms with Crippen LogP contribution in [0.3, 0.4) is 0 Å². The monoisotopic (exact) mass is 296 g/mol. The lowest BCUT2D eigenvalue weighted by Crippen LogP contribution is -2.52. The normalized spacial score (nSPS) is 22.8. The Balaban J connectivity index is 0.00000200. The van der Waals surface area contributed by atoms with Gasteiger partial charge in [0.15, 0.2) is 0 Å². The minimum Gasteiger partial charge on any atom is -0.352 e. The SMILES string of the molecule is CC1CNCCC1NC(=O)C(C)(C)c1ccccc1.Cl. The molecule has 1 aromatic rings. The van der Waals surface area contributed by atoms with Gasteiger partial charge in [0, 0.05) is 6.04 Å². The maximum atomic E-state index is 12.5. The fraction of sp³-hybridized carbons (Fsp3) is 0.562. The van der Waals surface area contributed by atoms with Crippen LogP contribution < -0.4 is 10.6 Å². The van der Waals surface area contributed by atoms with Crippen LogP contribution in [0.5, 0.6) is 0 Å². The number of amides is 1. The molecule has 0 aliphatic carbocycles. The molecular formula is C16H25ClN2O. The average molecular weight is 297 g/mol. The zero-order chi connectivity index (χ0) is 13.9. The zero-order valence-electron chi connectivity index (χ0n) is 12.5. The van der Waals surface area contributed by atoms with Gasteiger partial charge in [-0.15, -0.1) is 12.4 Å². The number of hydrogen-bond acceptors (Lipinski definition) is 2. The van der Waals surface area contributed by atoms with Gasteiger partial charge < -0.3 is 10.6 Å². The molecule has 2 rings (SSSR count). The molecule has 3 nitrogen and oxygen atoms in total. The van der Waals surface area contributed by atoms with Gasteiger partial charge in [-0.3, -0.25) is 4.79 Å². The Bertz CT molecular complexity index is 433. The second-order valence-corrected chi connectivity index (χ2v) is 6.04. The molecule has 1 fully saturated rings. The highest BCUT2D eigenvalue weighted by Gasteiger charge is 2.32. The minimum atomic E-state index is -0.480. The Morgan fingerprint density at radius 3 is 2.55 bits per heavy atom. The van der Waals surface area contributed by atoms with Crippen molar-refractivity contribution >= 4 is 18.3 Å². The van der Waals surface area contributed by atoms with Crippen molar-refractivity contribution < 1.29 is 4.79 Å². The Kier molecular flexibility index (Phi) is 6.03. The second-order valence-electron chi connectivity index (χ2n) is 6.04. The number of carbonyl (C=O) groups is 1. The van der Waals surface area contributed by atoms with Crippen LogP contribution in [0.2, 0.25) is 0 Å². The lowest BCUT2D eigenvalue weighted by atomic mass is 9.83. The van der Waals surface area contributed by atoms with E-state index in [4.69, 9.17) is 0 Å². The van der Waals surface area contributed by atoms with Gasteiger partial charge >= 0.3 is 0 Å². The number of halogens is 1. The Morgan fingerprint density at radius 2 is 1.95 bits per heavy atom. The molecule has 2 unspecified atom stereocenters. The molecule has 2 N–H and O–H groups in total. The van der Waals surface area contributed by atoms with Gasteiger partial charge in [0.05, 0.1) is 5.41 Å². The maximum Gasteiger partial charge on any atom is 0.230 e. The molecule has 1 aliphatic heterocycles. The predicted molar refractivity (Wildman–Crippen MR) is 85.3 cm³/mol. The van der Waals surface area contributed by atoms with Crippen LogP contribution in [-0.4, -0.2) is 25.0 Å². The van der Waals surface area contributed by atoms with Gasteiger partial charge in [0.2, 0.25) is 5.91 Å². The Labute approximate surface area is 127 Å². The van der Waals surface area contributed by atoms with Crippen molar-refractivity contribution in [2.75, 3.05) is 13.1 Å². The molecule has 112 valence electrons. The third kappa shape index (κ3) is 3.74. The summed E-state index contributed by atoms with van der Waals surface area (Å²) in [4.78, 5) is 12.5. The fourth-order valence-corrected chi connectivity index (χ4v) is 2.56. The molecule has 1 amide bonds. The van der Waals surface area contributed by atoms with E-state index in [0.29, 0.717) is 5.92 Å². The van der Waals surface area contributed by atoms with E-state index in [1.54, 1.807) is 0 Å². The summed E-state index contributed by atoms with van der Waals surface area (Å²) in [5.41, 5.74) is 0.584. The van der Waals surface area contributed by atoms with Gasteiger partial charge in [-0.05, 0) is 44.8 Å². The number of nitrogens with one attached hydrogen (secondary N) is 2. The topological polar surface area (TPSA) is 41.1 Å². The number of hydrogen-bond donors (Lipinski definition) is 2. The van der Waals surface area contributed by atoms with Crippen LogP contribution in [0.1, 0.15) is 32.8 Å². The van der Waals surface area contributed by atoms with Crippen molar-refractivity contribution in [2.24, 2.45) is 5.92 Å². The summed E-state index contributed by atoms with van der Waals surface area (Å²) in [5, 5.41) is 6.59.